The van der Waals surface area contributed by atoms with E-state index in [0.29, 0.717) is 19.6 Å². The topological polar surface area (TPSA) is 59.0 Å². The Labute approximate surface area is 174 Å². The Balaban J connectivity index is 2.09. The van der Waals surface area contributed by atoms with E-state index in [-0.39, 0.29) is 12.0 Å². The lowest BCUT2D eigenvalue weighted by Gasteiger charge is -2.38. The van der Waals surface area contributed by atoms with Crippen molar-refractivity contribution in [1.29, 1.82) is 0 Å². The number of nitrogens with zero attached hydrogens (tertiary/aromatic N) is 1. The van der Waals surface area contributed by atoms with E-state index in [0.717, 1.165) is 40.1 Å². The van der Waals surface area contributed by atoms with E-state index in [9.17, 15) is 9.90 Å². The molecule has 1 heterocycles. The molecule has 0 saturated carbocycles. The van der Waals surface area contributed by atoms with Crippen LogP contribution in [-0.2, 0) is 4.79 Å². The summed E-state index contributed by atoms with van der Waals surface area (Å²) in [5.74, 6) is 0.510. The molecule has 1 fully saturated rings. The molecule has 5 nitrogen and oxygen atoms in total. The van der Waals surface area contributed by atoms with Crippen molar-refractivity contribution in [3.63, 3.8) is 0 Å². The number of hydrogen-bond acceptors (Lipinski definition) is 4. The van der Waals surface area contributed by atoms with Gasteiger partial charge < -0.3 is 14.6 Å². The average molecular weight is 448 g/mol. The van der Waals surface area contributed by atoms with Gasteiger partial charge in [0.1, 0.15) is 11.5 Å². The summed E-state index contributed by atoms with van der Waals surface area (Å²) in [6.07, 6.45) is 1.57. The molecule has 0 radical (unpaired) electrons. The van der Waals surface area contributed by atoms with Gasteiger partial charge in [-0.3, -0.25) is 9.69 Å². The summed E-state index contributed by atoms with van der Waals surface area (Å²) in [4.78, 5) is 13.9. The van der Waals surface area contributed by atoms with Gasteiger partial charge >= 0.3 is 5.97 Å². The molecule has 1 saturated heterocycles. The van der Waals surface area contributed by atoms with Crippen LogP contribution in [0, 0.1) is 5.92 Å². The number of rotatable bonds is 7. The summed E-state index contributed by atoms with van der Waals surface area (Å²) in [6.45, 7) is 3.88. The van der Waals surface area contributed by atoms with Crippen molar-refractivity contribution in [1.82, 2.24) is 4.90 Å². The van der Waals surface area contributed by atoms with Gasteiger partial charge in [-0.1, -0.05) is 28.1 Å². The van der Waals surface area contributed by atoms with Crippen LogP contribution in [0.4, 0.5) is 0 Å². The summed E-state index contributed by atoms with van der Waals surface area (Å²) in [7, 11) is 1.65. The highest BCUT2D eigenvalue weighted by molar-refractivity contribution is 9.10. The van der Waals surface area contributed by atoms with Gasteiger partial charge in [0.25, 0.3) is 0 Å². The largest absolute Gasteiger partial charge is 0.497 e. The van der Waals surface area contributed by atoms with Gasteiger partial charge in [-0.15, -0.1) is 0 Å². The minimum absolute atomic E-state index is 0.115. The zero-order chi connectivity index (χ0) is 20.1. The van der Waals surface area contributed by atoms with E-state index in [1.54, 1.807) is 7.11 Å². The van der Waals surface area contributed by atoms with Crippen LogP contribution in [-0.4, -0.2) is 42.8 Å². The number of likely N-dealkylation sites (tertiary alicyclic amines) is 1. The maximum Gasteiger partial charge on any atom is 0.307 e. The number of halogens is 1. The molecule has 0 aromatic heterocycles. The van der Waals surface area contributed by atoms with E-state index in [1.165, 1.54) is 0 Å². The first-order chi connectivity index (χ1) is 13.5. The van der Waals surface area contributed by atoms with Crippen molar-refractivity contribution in [2.45, 2.75) is 25.8 Å². The molecule has 2 aromatic rings. The lowest BCUT2D eigenvalue weighted by molar-refractivity contribution is -0.143. The predicted molar refractivity (Wildman–Crippen MR) is 112 cm³/mol. The van der Waals surface area contributed by atoms with Crippen molar-refractivity contribution in [2.24, 2.45) is 5.92 Å². The third-order valence-electron chi connectivity index (χ3n) is 5.14. The quantitative estimate of drug-likeness (QED) is 0.663. The maximum absolute atomic E-state index is 11.6. The van der Waals surface area contributed by atoms with Crippen LogP contribution in [0.5, 0.6) is 11.5 Å². The molecule has 2 aromatic carbocycles. The Morgan fingerprint density at radius 3 is 2.86 bits per heavy atom. The van der Waals surface area contributed by atoms with Gasteiger partial charge in [0, 0.05) is 16.6 Å². The van der Waals surface area contributed by atoms with Crippen molar-refractivity contribution in [3.05, 3.63) is 58.1 Å². The molecule has 1 aliphatic heterocycles. The SMILES string of the molecule is CCOc1ccc(Br)cc1C(c1cccc(OC)c1)N1CCCC(C(=O)O)C1. The smallest absolute Gasteiger partial charge is 0.307 e. The summed E-state index contributed by atoms with van der Waals surface area (Å²) in [6, 6.07) is 13.9. The van der Waals surface area contributed by atoms with Crippen LogP contribution in [0.3, 0.4) is 0 Å². The Bertz CT molecular complexity index is 826. The van der Waals surface area contributed by atoms with E-state index in [4.69, 9.17) is 9.47 Å². The summed E-state index contributed by atoms with van der Waals surface area (Å²) >= 11 is 3.58. The van der Waals surface area contributed by atoms with Crippen molar-refractivity contribution in [3.8, 4) is 11.5 Å². The van der Waals surface area contributed by atoms with E-state index < -0.39 is 5.97 Å². The molecule has 2 atom stereocenters. The number of carboxylic acids is 1. The van der Waals surface area contributed by atoms with Crippen LogP contribution < -0.4 is 9.47 Å². The van der Waals surface area contributed by atoms with Crippen LogP contribution in [0.2, 0.25) is 0 Å². The molecule has 6 heteroatoms. The summed E-state index contributed by atoms with van der Waals surface area (Å²) < 4.78 is 12.3. The van der Waals surface area contributed by atoms with Crippen LogP contribution in [0.25, 0.3) is 0 Å². The van der Waals surface area contributed by atoms with Crippen molar-refractivity contribution >= 4 is 21.9 Å². The third-order valence-corrected chi connectivity index (χ3v) is 5.64. The van der Waals surface area contributed by atoms with Crippen LogP contribution in [0.15, 0.2) is 46.9 Å². The molecule has 28 heavy (non-hydrogen) atoms. The number of benzene rings is 2. The van der Waals surface area contributed by atoms with Crippen molar-refractivity contribution < 1.29 is 19.4 Å². The third kappa shape index (κ3) is 4.67. The Hall–Kier alpha value is -2.05. The molecule has 0 bridgehead atoms. The lowest BCUT2D eigenvalue weighted by Crippen LogP contribution is -2.41. The predicted octanol–water partition coefficient (Wildman–Crippen LogP) is 4.74. The summed E-state index contributed by atoms with van der Waals surface area (Å²) in [5.41, 5.74) is 2.08. The maximum atomic E-state index is 11.6. The normalized spacial score (nSPS) is 18.5. The zero-order valence-corrected chi connectivity index (χ0v) is 17.8. The van der Waals surface area contributed by atoms with Gasteiger partial charge in [-0.05, 0) is 62.2 Å². The first-order valence-electron chi connectivity index (χ1n) is 9.56. The molecule has 1 aliphatic rings. The first-order valence-corrected chi connectivity index (χ1v) is 10.4. The monoisotopic (exact) mass is 447 g/mol. The molecule has 150 valence electrons. The second-order valence-electron chi connectivity index (χ2n) is 6.97. The molecule has 0 aliphatic carbocycles. The molecular weight excluding hydrogens is 422 g/mol. The number of aliphatic carboxylic acids is 1. The number of ether oxygens (including phenoxy) is 2. The van der Waals surface area contributed by atoms with Gasteiger partial charge in [0.05, 0.1) is 25.7 Å². The highest BCUT2D eigenvalue weighted by Gasteiger charge is 2.33. The molecule has 3 rings (SSSR count). The zero-order valence-electron chi connectivity index (χ0n) is 16.2. The Morgan fingerprint density at radius 2 is 2.14 bits per heavy atom. The van der Waals surface area contributed by atoms with Gasteiger partial charge in [0.15, 0.2) is 0 Å². The van der Waals surface area contributed by atoms with Crippen LogP contribution in [0.1, 0.15) is 36.9 Å². The highest BCUT2D eigenvalue weighted by Crippen LogP contribution is 2.39. The minimum atomic E-state index is -0.728. The molecular formula is C22H26BrNO4. The van der Waals surface area contributed by atoms with E-state index in [1.807, 2.05) is 37.3 Å². The fraction of sp³-hybridized carbons (Fsp3) is 0.409. The Kier molecular flexibility index (Phi) is 6.97. The minimum Gasteiger partial charge on any atom is -0.497 e. The number of hydrogen-bond donors (Lipinski definition) is 1. The van der Waals surface area contributed by atoms with E-state index in [2.05, 4.69) is 33.0 Å². The second kappa shape index (κ2) is 9.43. The standard InChI is InChI=1S/C22H26BrNO4/c1-3-28-20-10-9-17(23)13-19(20)21(15-6-4-8-18(12-15)27-2)24-11-5-7-16(14-24)22(25)26/h4,6,8-10,12-13,16,21H,3,5,7,11,14H2,1-2H3,(H,25,26). The fourth-order valence-electron chi connectivity index (χ4n) is 3.86. The second-order valence-corrected chi connectivity index (χ2v) is 7.88. The summed E-state index contributed by atoms with van der Waals surface area (Å²) in [5, 5.41) is 9.57. The highest BCUT2D eigenvalue weighted by atomic mass is 79.9. The molecule has 0 amide bonds. The van der Waals surface area contributed by atoms with Gasteiger partial charge in [0.2, 0.25) is 0 Å². The number of carbonyl (C=O) groups is 1. The Morgan fingerprint density at radius 1 is 1.32 bits per heavy atom. The first kappa shape index (κ1) is 20.7. The fourth-order valence-corrected chi connectivity index (χ4v) is 4.24. The van der Waals surface area contributed by atoms with E-state index >= 15 is 0 Å². The number of methoxy groups -OCH3 is 1. The molecule has 1 N–H and O–H groups in total. The number of piperidine rings is 1. The average Bonchev–Trinajstić information content (AvgIpc) is 2.70. The van der Waals surface area contributed by atoms with Gasteiger partial charge in [-0.2, -0.15) is 0 Å². The molecule has 2 unspecified atom stereocenters. The van der Waals surface area contributed by atoms with Gasteiger partial charge in [-0.25, -0.2) is 0 Å². The van der Waals surface area contributed by atoms with Crippen LogP contribution >= 0.6 is 15.9 Å². The lowest BCUT2D eigenvalue weighted by atomic mass is 9.91. The molecule has 0 spiro atoms. The number of carboxylic acid groups (broad SMARTS) is 1. The van der Waals surface area contributed by atoms with Crippen molar-refractivity contribution in [2.75, 3.05) is 26.8 Å².